The summed E-state index contributed by atoms with van der Waals surface area (Å²) in [7, 11) is 216. The molecule has 0 aromatic carbocycles. The zero-order valence-electron chi connectivity index (χ0n) is 57.9. The van der Waals surface area contributed by atoms with E-state index in [-0.39, 0.29) is 25.5 Å². The molecule has 62 atom stereocenters. The van der Waals surface area contributed by atoms with Crippen LogP contribution in [-0.4, -0.2) is 0 Å². The Labute approximate surface area is 896 Å². The smallest absolute Gasteiger partial charge is 0 e. The molecule has 0 aromatic heterocycles. The summed E-state index contributed by atoms with van der Waals surface area (Å²) in [5.74, 6) is 0. The quantitative estimate of drug-likeness (QED) is 0.0533. The first-order chi connectivity index (χ1) is 51.0. The maximum Gasteiger partial charge on any atom is 0 e. The van der Waals surface area contributed by atoms with Crippen LogP contribution in [0, 0.1) is 0 Å². The maximum atomic E-state index is 3.93. The van der Waals surface area contributed by atoms with E-state index in [1.54, 1.807) is 0 Å². The molecule has 62 unspecified atom stereocenters. The molecule has 0 aliphatic carbocycles. The molecular weight excluding hydrogens is 3520 g/mol. The molecule has 0 saturated heterocycles. The average Bonchev–Trinajstić information content (AvgIpc) is 0.723. The third-order valence-electron chi connectivity index (χ3n) is 9.96. The van der Waals surface area contributed by atoms with Gasteiger partial charge in [0.15, 0.2) is 0 Å². The van der Waals surface area contributed by atoms with Crippen LogP contribution in [0.1, 0.15) is 0 Å². The Morgan fingerprint density at radius 3 is 0.265 bits per heavy atom. The summed E-state index contributed by atoms with van der Waals surface area (Å²) in [6.07, 6.45) is 0. The van der Waals surface area contributed by atoms with Gasteiger partial charge in [-0.2, -0.15) is 0 Å². The molecule has 0 aliphatic heterocycles. The summed E-state index contributed by atoms with van der Waals surface area (Å²) in [5.41, 5.74) is 0. The zero-order valence-corrected chi connectivity index (χ0v) is 174. The van der Waals surface area contributed by atoms with E-state index >= 15 is 0 Å². The Bertz CT molecular complexity index is 1920. The van der Waals surface area contributed by atoms with Gasteiger partial charge in [0.25, 0.3) is 0 Å². The predicted molar refractivity (Wildman–Crippen MR) is 934 cm³/mol. The zero-order chi connectivity index (χ0) is 88.6. The summed E-state index contributed by atoms with van der Waals surface area (Å²) in [6.45, 7) is -24.3. The van der Waals surface area contributed by atoms with Gasteiger partial charge in [0.1, 0.15) is 0 Å². The third-order valence-corrected chi connectivity index (χ3v) is 807. The van der Waals surface area contributed by atoms with Gasteiger partial charge in [0, 0.05) is 18.6 Å². The normalized spacial score (nSPS) is 15.8. The minimum absolute atomic E-state index is 0. The molecule has 0 aromatic rings. The van der Waals surface area contributed by atoms with Gasteiger partial charge in [0.05, 0.1) is 0 Å². The largest absolute Gasteiger partial charge is 0.109 e. The van der Waals surface area contributed by atoms with Crippen molar-refractivity contribution in [3.63, 3.8) is 0 Å². The SMILES string of the molecule is PPP(P)P(P(P)P)P(P(PP(P(P(P(P(P)P)P(P)P)P(P(P)P)P(P)P)P(P(P(P)P)P(P)P)P(P(P)P)P(P)P)P(P(P(P(P)P)P(P)P)P(P(P)P)P(P)P)P(P(P(P)P)P(P)P)P(P(P)P)P(P)P)P(P(P(P(P)P)P(P)P)P(P(P)P)P(P)P)P(P(P(P)P)P(P)P)P(P(P)P)P(P)P)P(P(P)P)P(P)P.[V]. The molecule has 0 heterocycles. The number of rotatable bonds is 55. The van der Waals surface area contributed by atoms with Gasteiger partial charge in [-0.3, -0.25) is 0 Å². The van der Waals surface area contributed by atoms with Crippen LogP contribution >= 0.6 is 893 Å². The predicted octanol–water partition coefficient (Wildman–Crippen LogP) is 65.9. The Morgan fingerprint density at radius 2 is 0.186 bits per heavy atom. The minimum Gasteiger partial charge on any atom is -0.109 e. The summed E-state index contributed by atoms with van der Waals surface area (Å²) >= 11 is 0. The van der Waals surface area contributed by atoms with Crippen molar-refractivity contribution < 1.29 is 18.6 Å². The van der Waals surface area contributed by atoms with Crippen LogP contribution in [0.2, 0.25) is 0 Å². The molecule has 0 amide bonds. The van der Waals surface area contributed by atoms with Crippen molar-refractivity contribution in [2.75, 3.05) is 0 Å². The summed E-state index contributed by atoms with van der Waals surface area (Å²) in [5, 5.41) is 0. The van der Waals surface area contributed by atoms with Gasteiger partial charge < -0.3 is 0 Å². The Hall–Kier alpha value is 48.7. The van der Waals surface area contributed by atoms with Crippen LogP contribution in [-0.2, 0) is 18.6 Å². The van der Waals surface area contributed by atoms with Crippen molar-refractivity contribution >= 4 is 893 Å². The van der Waals surface area contributed by atoms with E-state index in [1.807, 2.05) is 0 Å². The molecule has 0 aliphatic rings. The van der Waals surface area contributed by atoms with Crippen LogP contribution in [0.4, 0.5) is 0 Å². The van der Waals surface area contributed by atoms with Crippen LogP contribution in [0.5, 0.6) is 0 Å². The second-order valence-corrected chi connectivity index (χ2v) is 482. The maximum absolute atomic E-state index is 3.93. The fourth-order valence-corrected chi connectivity index (χ4v) is 1670. The van der Waals surface area contributed by atoms with E-state index in [2.05, 4.69) is 500 Å². The Morgan fingerprint density at radius 1 is 0.106 bits per heavy atom. The summed E-state index contributed by atoms with van der Waals surface area (Å²) in [6, 6.07) is 0. The minimum atomic E-state index is -0.645. The van der Waals surface area contributed by atoms with E-state index in [4.69, 9.17) is 0 Å². The molecule has 113 heteroatoms. The average molecular weight is 3630 g/mol. The monoisotopic (exact) mass is 3630 g/mol. The second-order valence-electron chi connectivity index (χ2n) is 17.9. The van der Waals surface area contributed by atoms with Gasteiger partial charge in [-0.1, -0.05) is 7.96 Å². The van der Waals surface area contributed by atoms with Crippen molar-refractivity contribution in [2.24, 2.45) is 0 Å². The molecule has 0 rings (SSSR count). The first-order valence-corrected chi connectivity index (χ1v) is 230. The number of hydrogen-bond donors (Lipinski definition) is 0. The second kappa shape index (κ2) is 90.6. The van der Waals surface area contributed by atoms with Crippen molar-refractivity contribution in [2.45, 2.75) is 0 Å². The van der Waals surface area contributed by atoms with Gasteiger partial charge in [-0.05, 0) is 385 Å². The molecule has 113 heavy (non-hydrogen) atoms. The molecule has 0 spiro atoms. The fourth-order valence-electron chi connectivity index (χ4n) is 6.86. The molecule has 0 bridgehead atoms. The van der Waals surface area contributed by atoms with Crippen molar-refractivity contribution in [3.8, 4) is 0 Å². The van der Waals surface area contributed by atoms with E-state index in [1.165, 1.54) is 0 Å². The molecule has 0 N–H and O–H groups in total. The van der Waals surface area contributed by atoms with E-state index in [0.29, 0.717) is 0 Å². The fraction of sp³-hybridized carbons (Fsp3) is 0. The van der Waals surface area contributed by atoms with E-state index in [9.17, 15) is 0 Å². The van der Waals surface area contributed by atoms with Crippen LogP contribution < -0.4 is 0 Å². The summed E-state index contributed by atoms with van der Waals surface area (Å²) < 4.78 is 0. The number of hydrogen-bond acceptors (Lipinski definition) is 0. The molecule has 0 nitrogen and oxygen atoms in total. The van der Waals surface area contributed by atoms with Gasteiger partial charge in [0.2, 0.25) is 0 Å². The van der Waals surface area contributed by atoms with Crippen LogP contribution in [0.3, 0.4) is 0 Å². The summed E-state index contributed by atoms with van der Waals surface area (Å²) in [4.78, 5) is 0. The molecular formula is H114P112V. The molecule has 1 radical (unpaired) electrons. The Balaban J connectivity index is 0. The standard InChI is InChI=1S/H114P112.V/c1-57-86(56)102(85(54)55)103(89(59(2)3)60(4)5)87(104(107(90(61(6)7)62(8)9)91(63(10)11)64(12)13)108(92(65(14)15)66(16)17)93(67(18)19)68(20)21)58-88(105(109(94(69(22)23)70(24)25)95(71(26)27)72(28)29)110(96(73(30)31)74(32)33)97(75(34)35)76(36)37)106(111(98(77(38)39)78(40)41)99(79(42)43)80(44)45)112(100(81(46)47)82(48)49)101(83(50)51)84(52)53;/h57-58H,1-56H2;. The van der Waals surface area contributed by atoms with Crippen molar-refractivity contribution in [1.82, 2.24) is 0 Å². The molecule has 679 valence electrons. The van der Waals surface area contributed by atoms with Gasteiger partial charge >= 0.3 is 0 Å². The van der Waals surface area contributed by atoms with Crippen LogP contribution in [0.15, 0.2) is 0 Å². The van der Waals surface area contributed by atoms with Gasteiger partial charge in [-0.25, -0.2) is 0 Å². The van der Waals surface area contributed by atoms with Crippen molar-refractivity contribution in [1.29, 1.82) is 0 Å². The topological polar surface area (TPSA) is 0 Å². The molecule has 0 saturated carbocycles. The van der Waals surface area contributed by atoms with Crippen molar-refractivity contribution in [3.05, 3.63) is 0 Å². The first-order valence-electron chi connectivity index (χ1n) is 25.6. The van der Waals surface area contributed by atoms with Gasteiger partial charge in [-0.15, -0.1) is 500 Å². The Kier molecular flexibility index (Phi) is 131. The third kappa shape index (κ3) is 58.7. The first kappa shape index (κ1) is 164. The molecule has 0 fully saturated rings. The van der Waals surface area contributed by atoms with Crippen LogP contribution in [0.25, 0.3) is 0 Å². The van der Waals surface area contributed by atoms with E-state index < -0.39 is 370 Å². The van der Waals surface area contributed by atoms with E-state index in [0.717, 1.165) is 15.9 Å².